The molecule has 3 heteroatoms. The third-order valence-electron chi connectivity index (χ3n) is 2.41. The molecule has 0 aliphatic carbocycles. The van der Waals surface area contributed by atoms with Crippen molar-refractivity contribution in [2.24, 2.45) is 0 Å². The number of pyridine rings is 1. The van der Waals surface area contributed by atoms with E-state index in [-0.39, 0.29) is 0 Å². The van der Waals surface area contributed by atoms with E-state index in [4.69, 9.17) is 4.42 Å². The van der Waals surface area contributed by atoms with Crippen LogP contribution in [-0.2, 0) is 0 Å². The van der Waals surface area contributed by atoms with Gasteiger partial charge in [0, 0.05) is 23.5 Å². The highest BCUT2D eigenvalue weighted by molar-refractivity contribution is 5.30. The predicted molar refractivity (Wildman–Crippen MR) is 56.5 cm³/mol. The average Bonchev–Trinajstić information content (AvgIpc) is 2.63. The molecule has 0 radical (unpaired) electrons. The number of nitrogens with zero attached hydrogens (tertiary/aromatic N) is 1. The first-order chi connectivity index (χ1) is 7.18. The van der Waals surface area contributed by atoms with Gasteiger partial charge >= 0.3 is 0 Å². The van der Waals surface area contributed by atoms with E-state index in [1.54, 1.807) is 24.7 Å². The maximum absolute atomic E-state index is 10.1. The third-order valence-corrected chi connectivity index (χ3v) is 2.41. The fourth-order valence-electron chi connectivity index (χ4n) is 1.59. The van der Waals surface area contributed by atoms with Crippen LogP contribution in [0, 0.1) is 13.8 Å². The summed E-state index contributed by atoms with van der Waals surface area (Å²) in [4.78, 5) is 4.05. The first kappa shape index (κ1) is 9.93. The van der Waals surface area contributed by atoms with Crippen molar-refractivity contribution < 1.29 is 9.52 Å². The number of hydrogen-bond acceptors (Lipinski definition) is 3. The highest BCUT2D eigenvalue weighted by atomic mass is 16.3. The molecule has 3 nitrogen and oxygen atoms in total. The Morgan fingerprint density at radius 3 is 2.73 bits per heavy atom. The molecule has 15 heavy (non-hydrogen) atoms. The van der Waals surface area contributed by atoms with Gasteiger partial charge in [0.25, 0.3) is 0 Å². The second-order valence-corrected chi connectivity index (χ2v) is 3.63. The van der Waals surface area contributed by atoms with Crippen LogP contribution in [0.5, 0.6) is 0 Å². The molecule has 0 aromatic carbocycles. The van der Waals surface area contributed by atoms with Gasteiger partial charge in [0.05, 0.1) is 6.26 Å². The van der Waals surface area contributed by atoms with Crippen LogP contribution in [0.15, 0.2) is 35.2 Å². The van der Waals surface area contributed by atoms with Gasteiger partial charge in [0.2, 0.25) is 0 Å². The van der Waals surface area contributed by atoms with E-state index < -0.39 is 6.10 Å². The summed E-state index contributed by atoms with van der Waals surface area (Å²) >= 11 is 0. The van der Waals surface area contributed by atoms with Crippen molar-refractivity contribution in [3.8, 4) is 0 Å². The van der Waals surface area contributed by atoms with Crippen molar-refractivity contribution in [3.63, 3.8) is 0 Å². The number of furan rings is 1. The summed E-state index contributed by atoms with van der Waals surface area (Å²) in [5, 5.41) is 10.1. The summed E-state index contributed by atoms with van der Waals surface area (Å²) in [6.45, 7) is 3.78. The third kappa shape index (κ3) is 1.92. The Morgan fingerprint density at radius 2 is 2.13 bits per heavy atom. The van der Waals surface area contributed by atoms with Crippen LogP contribution in [0.25, 0.3) is 0 Å². The summed E-state index contributed by atoms with van der Waals surface area (Å²) in [6.07, 6.45) is 4.36. The Morgan fingerprint density at radius 1 is 1.33 bits per heavy atom. The molecule has 0 aliphatic heterocycles. The van der Waals surface area contributed by atoms with Gasteiger partial charge in [-0.05, 0) is 25.5 Å². The van der Waals surface area contributed by atoms with E-state index in [1.165, 1.54) is 0 Å². The fraction of sp³-hybridized carbons (Fsp3) is 0.250. The molecular weight excluding hydrogens is 190 g/mol. The molecule has 1 atom stereocenters. The van der Waals surface area contributed by atoms with Crippen molar-refractivity contribution in [3.05, 3.63) is 53.2 Å². The van der Waals surface area contributed by atoms with Gasteiger partial charge in [-0.3, -0.25) is 4.98 Å². The van der Waals surface area contributed by atoms with Crippen LogP contribution >= 0.6 is 0 Å². The lowest BCUT2D eigenvalue weighted by molar-refractivity contribution is 0.217. The highest BCUT2D eigenvalue weighted by Gasteiger charge is 2.14. The lowest BCUT2D eigenvalue weighted by Crippen LogP contribution is -2.00. The first-order valence-corrected chi connectivity index (χ1v) is 4.82. The molecule has 2 heterocycles. The van der Waals surface area contributed by atoms with E-state index in [2.05, 4.69) is 4.98 Å². The van der Waals surface area contributed by atoms with Crippen LogP contribution < -0.4 is 0 Å². The largest absolute Gasteiger partial charge is 0.469 e. The summed E-state index contributed by atoms with van der Waals surface area (Å²) < 4.78 is 5.16. The van der Waals surface area contributed by atoms with Crippen LogP contribution in [0.4, 0.5) is 0 Å². The van der Waals surface area contributed by atoms with E-state index in [9.17, 15) is 5.11 Å². The molecule has 0 amide bonds. The summed E-state index contributed by atoms with van der Waals surface area (Å²) in [6, 6.07) is 3.70. The Bertz CT molecular complexity index is 462. The van der Waals surface area contributed by atoms with Crippen molar-refractivity contribution in [2.75, 3.05) is 0 Å². The lowest BCUT2D eigenvalue weighted by atomic mass is 10.0. The zero-order valence-corrected chi connectivity index (χ0v) is 8.77. The molecule has 1 N–H and O–H groups in total. The highest BCUT2D eigenvalue weighted by Crippen LogP contribution is 2.25. The molecule has 2 aromatic rings. The Labute approximate surface area is 88.4 Å². The Kier molecular flexibility index (Phi) is 2.56. The van der Waals surface area contributed by atoms with E-state index >= 15 is 0 Å². The molecule has 0 fully saturated rings. The minimum absolute atomic E-state index is 0.656. The molecule has 0 bridgehead atoms. The molecule has 78 valence electrons. The molecule has 2 aromatic heterocycles. The number of aryl methyl sites for hydroxylation is 2. The normalized spacial score (nSPS) is 12.7. The van der Waals surface area contributed by atoms with Crippen molar-refractivity contribution in [2.45, 2.75) is 20.0 Å². The molecule has 0 spiro atoms. The number of aliphatic hydroxyl groups is 1. The van der Waals surface area contributed by atoms with Crippen LogP contribution in [0.3, 0.4) is 0 Å². The minimum atomic E-state index is -0.656. The summed E-state index contributed by atoms with van der Waals surface area (Å²) in [7, 11) is 0. The monoisotopic (exact) mass is 203 g/mol. The maximum Gasteiger partial charge on any atom is 0.109 e. The van der Waals surface area contributed by atoms with Gasteiger partial charge < -0.3 is 9.52 Å². The standard InChI is InChI=1S/C12H13NO2/c1-8-5-10(7-13-6-8)12(14)11-3-4-15-9(11)2/h3-7,12,14H,1-2H3. The Hall–Kier alpha value is -1.61. The zero-order valence-electron chi connectivity index (χ0n) is 8.77. The molecule has 2 rings (SSSR count). The zero-order chi connectivity index (χ0) is 10.8. The van der Waals surface area contributed by atoms with Crippen molar-refractivity contribution in [1.29, 1.82) is 0 Å². The fourth-order valence-corrected chi connectivity index (χ4v) is 1.59. The van der Waals surface area contributed by atoms with Gasteiger partial charge in [-0.25, -0.2) is 0 Å². The molecule has 0 aliphatic rings. The number of rotatable bonds is 2. The van der Waals surface area contributed by atoms with Crippen LogP contribution in [0.1, 0.15) is 28.6 Å². The number of aliphatic hydroxyl groups excluding tert-OH is 1. The predicted octanol–water partition coefficient (Wildman–Crippen LogP) is 2.37. The average molecular weight is 203 g/mol. The van der Waals surface area contributed by atoms with Crippen LogP contribution in [-0.4, -0.2) is 10.1 Å². The molecule has 0 saturated carbocycles. The minimum Gasteiger partial charge on any atom is -0.469 e. The van der Waals surface area contributed by atoms with Gasteiger partial charge in [0.1, 0.15) is 11.9 Å². The topological polar surface area (TPSA) is 46.3 Å². The second-order valence-electron chi connectivity index (χ2n) is 3.63. The van der Waals surface area contributed by atoms with Gasteiger partial charge in [-0.2, -0.15) is 0 Å². The van der Waals surface area contributed by atoms with E-state index in [0.717, 1.165) is 22.5 Å². The SMILES string of the molecule is Cc1cncc(C(O)c2ccoc2C)c1. The van der Waals surface area contributed by atoms with Crippen molar-refractivity contribution in [1.82, 2.24) is 4.98 Å². The summed E-state index contributed by atoms with van der Waals surface area (Å²) in [5.74, 6) is 0.740. The quantitative estimate of drug-likeness (QED) is 0.815. The number of aromatic nitrogens is 1. The molecule has 1 unspecified atom stereocenters. The van der Waals surface area contributed by atoms with E-state index in [0.29, 0.717) is 0 Å². The second kappa shape index (κ2) is 3.87. The van der Waals surface area contributed by atoms with Crippen molar-refractivity contribution >= 4 is 0 Å². The van der Waals surface area contributed by atoms with Gasteiger partial charge in [0.15, 0.2) is 0 Å². The molecule has 0 saturated heterocycles. The Balaban J connectivity index is 2.36. The van der Waals surface area contributed by atoms with E-state index in [1.807, 2.05) is 19.9 Å². The van der Waals surface area contributed by atoms with Gasteiger partial charge in [-0.15, -0.1) is 0 Å². The summed E-state index contributed by atoms with van der Waals surface area (Å²) in [5.41, 5.74) is 2.62. The lowest BCUT2D eigenvalue weighted by Gasteiger charge is -2.09. The van der Waals surface area contributed by atoms with Crippen LogP contribution in [0.2, 0.25) is 0 Å². The molecular formula is C12H13NO2. The number of hydrogen-bond donors (Lipinski definition) is 1. The maximum atomic E-state index is 10.1. The van der Waals surface area contributed by atoms with Gasteiger partial charge in [-0.1, -0.05) is 6.07 Å². The smallest absolute Gasteiger partial charge is 0.109 e. The first-order valence-electron chi connectivity index (χ1n) is 4.82.